The van der Waals surface area contributed by atoms with E-state index < -0.39 is 0 Å². The van der Waals surface area contributed by atoms with Crippen molar-refractivity contribution in [1.29, 1.82) is 0 Å². The summed E-state index contributed by atoms with van der Waals surface area (Å²) in [7, 11) is 0. The maximum Gasteiger partial charge on any atom is 0.193 e. The van der Waals surface area contributed by atoms with Gasteiger partial charge in [0.15, 0.2) is 5.96 Å². The highest BCUT2D eigenvalue weighted by Crippen LogP contribution is 2.16. The van der Waals surface area contributed by atoms with Gasteiger partial charge in [-0.25, -0.2) is 0 Å². The molecule has 0 aliphatic carbocycles. The van der Waals surface area contributed by atoms with Gasteiger partial charge >= 0.3 is 0 Å². The summed E-state index contributed by atoms with van der Waals surface area (Å²) in [4.78, 5) is 7.14. The first-order valence-corrected chi connectivity index (χ1v) is 10.1. The Kier molecular flexibility index (Phi) is 12.7. The number of rotatable bonds is 9. The van der Waals surface area contributed by atoms with E-state index in [-0.39, 0.29) is 30.1 Å². The Hall–Kier alpha value is -0.860. The van der Waals surface area contributed by atoms with Gasteiger partial charge in [0.05, 0.1) is 12.2 Å². The maximum atomic E-state index is 5.94. The Morgan fingerprint density at radius 3 is 2.56 bits per heavy atom. The number of ether oxygens (including phenoxy) is 2. The molecule has 1 aromatic carbocycles. The first-order valence-electron chi connectivity index (χ1n) is 10.1. The number of benzene rings is 1. The summed E-state index contributed by atoms with van der Waals surface area (Å²) in [5.74, 6) is 1.03. The van der Waals surface area contributed by atoms with E-state index in [1.54, 1.807) is 0 Å². The van der Waals surface area contributed by atoms with Crippen molar-refractivity contribution in [3.05, 3.63) is 35.9 Å². The van der Waals surface area contributed by atoms with Crippen LogP contribution in [0.1, 0.15) is 51.7 Å². The molecule has 1 saturated heterocycles. The maximum absolute atomic E-state index is 5.94. The third-order valence-corrected chi connectivity index (χ3v) is 4.68. The summed E-state index contributed by atoms with van der Waals surface area (Å²) >= 11 is 0. The standard InChI is InChI=1S/C21H35N3O2.HI/c1-4-22-21(24-15-12-20(13-16-24)25-5-2)23-14-9-17-26-18(3)19-10-7-6-8-11-19;/h6-8,10-11,18,20H,4-5,9,12-17H2,1-3H3,(H,22,23);1H. The minimum Gasteiger partial charge on any atom is -0.378 e. The van der Waals surface area contributed by atoms with Gasteiger partial charge in [-0.2, -0.15) is 0 Å². The molecule has 1 N–H and O–H groups in total. The van der Waals surface area contributed by atoms with Crippen molar-refractivity contribution in [3.63, 3.8) is 0 Å². The van der Waals surface area contributed by atoms with E-state index in [1.807, 2.05) is 6.07 Å². The minimum absolute atomic E-state index is 0. The number of nitrogens with one attached hydrogen (secondary N) is 1. The number of guanidine groups is 1. The third kappa shape index (κ3) is 8.79. The average molecular weight is 489 g/mol. The van der Waals surface area contributed by atoms with Crippen LogP contribution in [0.15, 0.2) is 35.3 Å². The van der Waals surface area contributed by atoms with E-state index in [9.17, 15) is 0 Å². The molecule has 0 spiro atoms. The SMILES string of the molecule is CCNC(=NCCCOC(C)c1ccccc1)N1CCC(OCC)CC1.I. The van der Waals surface area contributed by atoms with E-state index in [0.29, 0.717) is 6.10 Å². The van der Waals surface area contributed by atoms with Gasteiger partial charge in [-0.3, -0.25) is 4.99 Å². The monoisotopic (exact) mass is 489 g/mol. The molecule has 1 aliphatic rings. The highest BCUT2D eigenvalue weighted by atomic mass is 127. The van der Waals surface area contributed by atoms with Crippen LogP contribution in [-0.4, -0.2) is 56.4 Å². The van der Waals surface area contributed by atoms with Gasteiger partial charge in [-0.15, -0.1) is 24.0 Å². The first kappa shape index (κ1) is 24.2. The Balaban J connectivity index is 0.00000364. The van der Waals surface area contributed by atoms with Crippen LogP contribution in [0.3, 0.4) is 0 Å². The van der Waals surface area contributed by atoms with Gasteiger partial charge in [0.1, 0.15) is 0 Å². The number of piperidine rings is 1. The van der Waals surface area contributed by atoms with Crippen LogP contribution < -0.4 is 5.32 Å². The summed E-state index contributed by atoms with van der Waals surface area (Å²) in [5.41, 5.74) is 1.22. The van der Waals surface area contributed by atoms with Gasteiger partial charge in [0, 0.05) is 39.4 Å². The molecule has 6 heteroatoms. The van der Waals surface area contributed by atoms with Crippen molar-refractivity contribution < 1.29 is 9.47 Å². The van der Waals surface area contributed by atoms with Crippen LogP contribution in [0.5, 0.6) is 0 Å². The van der Waals surface area contributed by atoms with Crippen LogP contribution in [-0.2, 0) is 9.47 Å². The molecule has 27 heavy (non-hydrogen) atoms. The van der Waals surface area contributed by atoms with Crippen molar-refractivity contribution in [2.75, 3.05) is 39.4 Å². The average Bonchev–Trinajstić information content (AvgIpc) is 2.68. The second kappa shape index (κ2) is 14.2. The Labute approximate surface area is 181 Å². The van der Waals surface area contributed by atoms with Gasteiger partial charge in [-0.1, -0.05) is 30.3 Å². The van der Waals surface area contributed by atoms with E-state index in [2.05, 4.69) is 55.3 Å². The predicted octanol–water partition coefficient (Wildman–Crippen LogP) is 4.24. The van der Waals surface area contributed by atoms with Crippen molar-refractivity contribution in [2.24, 2.45) is 4.99 Å². The van der Waals surface area contributed by atoms with Crippen LogP contribution in [0.25, 0.3) is 0 Å². The number of likely N-dealkylation sites (tertiary alicyclic amines) is 1. The highest BCUT2D eigenvalue weighted by molar-refractivity contribution is 14.0. The second-order valence-electron chi connectivity index (χ2n) is 6.65. The molecule has 154 valence electrons. The zero-order valence-corrected chi connectivity index (χ0v) is 19.4. The van der Waals surface area contributed by atoms with Crippen molar-refractivity contribution in [2.45, 2.75) is 52.2 Å². The first-order chi connectivity index (χ1) is 12.7. The zero-order chi connectivity index (χ0) is 18.6. The molecule has 1 aromatic rings. The number of nitrogens with zero attached hydrogens (tertiary/aromatic N) is 2. The molecule has 0 amide bonds. The molecule has 1 heterocycles. The predicted molar refractivity (Wildman–Crippen MR) is 123 cm³/mol. The number of hydrogen-bond donors (Lipinski definition) is 1. The van der Waals surface area contributed by atoms with E-state index >= 15 is 0 Å². The van der Waals surface area contributed by atoms with Crippen LogP contribution in [0, 0.1) is 0 Å². The van der Waals surface area contributed by atoms with Crippen LogP contribution >= 0.6 is 24.0 Å². The largest absolute Gasteiger partial charge is 0.378 e. The van der Waals surface area contributed by atoms with Gasteiger partial charge in [0.25, 0.3) is 0 Å². The summed E-state index contributed by atoms with van der Waals surface area (Å²) < 4.78 is 11.7. The molecule has 1 fully saturated rings. The van der Waals surface area contributed by atoms with Gasteiger partial charge < -0.3 is 19.7 Å². The molecule has 1 atom stereocenters. The molecule has 0 saturated carbocycles. The molecular formula is C21H36IN3O2. The van der Waals surface area contributed by atoms with E-state index in [0.717, 1.165) is 64.6 Å². The fourth-order valence-electron chi connectivity index (χ4n) is 3.23. The molecule has 1 aliphatic heterocycles. The minimum atomic E-state index is 0. The quantitative estimate of drug-likeness (QED) is 0.244. The lowest BCUT2D eigenvalue weighted by Crippen LogP contribution is -2.47. The lowest BCUT2D eigenvalue weighted by atomic mass is 10.1. The Morgan fingerprint density at radius 2 is 1.93 bits per heavy atom. The van der Waals surface area contributed by atoms with Crippen molar-refractivity contribution in [3.8, 4) is 0 Å². The van der Waals surface area contributed by atoms with Gasteiger partial charge in [0.2, 0.25) is 0 Å². The number of hydrogen-bond acceptors (Lipinski definition) is 3. The lowest BCUT2D eigenvalue weighted by Gasteiger charge is -2.34. The zero-order valence-electron chi connectivity index (χ0n) is 17.0. The molecule has 0 radical (unpaired) electrons. The molecule has 2 rings (SSSR count). The molecular weight excluding hydrogens is 453 g/mol. The van der Waals surface area contributed by atoms with E-state index in [4.69, 9.17) is 14.5 Å². The normalized spacial score (nSPS) is 16.7. The molecule has 1 unspecified atom stereocenters. The second-order valence-corrected chi connectivity index (χ2v) is 6.65. The van der Waals surface area contributed by atoms with Crippen molar-refractivity contribution in [1.82, 2.24) is 10.2 Å². The fraction of sp³-hybridized carbons (Fsp3) is 0.667. The summed E-state index contributed by atoms with van der Waals surface area (Å²) in [6.07, 6.45) is 3.63. The van der Waals surface area contributed by atoms with Crippen LogP contribution in [0.4, 0.5) is 0 Å². The number of halogens is 1. The van der Waals surface area contributed by atoms with Crippen molar-refractivity contribution >= 4 is 29.9 Å². The Bertz CT molecular complexity index is 519. The summed E-state index contributed by atoms with van der Waals surface area (Å²) in [5, 5.41) is 3.42. The smallest absolute Gasteiger partial charge is 0.193 e. The summed E-state index contributed by atoms with van der Waals surface area (Å²) in [6.45, 7) is 11.5. The topological polar surface area (TPSA) is 46.1 Å². The van der Waals surface area contributed by atoms with Crippen LogP contribution in [0.2, 0.25) is 0 Å². The fourth-order valence-corrected chi connectivity index (χ4v) is 3.23. The molecule has 5 nitrogen and oxygen atoms in total. The van der Waals surface area contributed by atoms with E-state index in [1.165, 1.54) is 5.56 Å². The summed E-state index contributed by atoms with van der Waals surface area (Å²) in [6, 6.07) is 10.4. The molecule has 0 aromatic heterocycles. The third-order valence-electron chi connectivity index (χ3n) is 4.68. The highest BCUT2D eigenvalue weighted by Gasteiger charge is 2.21. The Morgan fingerprint density at radius 1 is 1.22 bits per heavy atom. The molecule has 0 bridgehead atoms. The number of aliphatic imine (C=N–C) groups is 1. The lowest BCUT2D eigenvalue weighted by molar-refractivity contribution is 0.0263. The van der Waals surface area contributed by atoms with Gasteiger partial charge in [-0.05, 0) is 45.6 Å².